The predicted octanol–water partition coefficient (Wildman–Crippen LogP) is -0.769. The SMILES string of the molecule is C[C@H](NC(=O)Cn1ccc(=O)n(C)c1=O)[C@@H]1CCCO1. The Kier molecular flexibility index (Phi) is 4.39. The van der Waals surface area contributed by atoms with Gasteiger partial charge in [0.15, 0.2) is 0 Å². The first-order chi connectivity index (χ1) is 9.49. The molecule has 1 fully saturated rings. The molecule has 2 rings (SSSR count). The van der Waals surface area contributed by atoms with Crippen LogP contribution in [0.2, 0.25) is 0 Å². The molecule has 7 heteroatoms. The lowest BCUT2D eigenvalue weighted by Crippen LogP contribution is -2.45. The highest BCUT2D eigenvalue weighted by Crippen LogP contribution is 2.15. The summed E-state index contributed by atoms with van der Waals surface area (Å²) in [5.41, 5.74) is -0.892. The highest BCUT2D eigenvalue weighted by atomic mass is 16.5. The third kappa shape index (κ3) is 3.16. The predicted molar refractivity (Wildman–Crippen MR) is 72.5 cm³/mol. The Bertz CT molecular complexity index is 598. The molecule has 0 radical (unpaired) electrons. The minimum atomic E-state index is -0.502. The highest BCUT2D eigenvalue weighted by Gasteiger charge is 2.23. The molecule has 1 aliphatic rings. The average molecular weight is 281 g/mol. The van der Waals surface area contributed by atoms with Gasteiger partial charge in [-0.25, -0.2) is 4.79 Å². The number of nitrogens with one attached hydrogen (secondary N) is 1. The van der Waals surface area contributed by atoms with Gasteiger partial charge < -0.3 is 10.1 Å². The molecule has 2 heterocycles. The quantitative estimate of drug-likeness (QED) is 0.785. The first-order valence-electron chi connectivity index (χ1n) is 6.66. The van der Waals surface area contributed by atoms with Crippen LogP contribution in [0.4, 0.5) is 0 Å². The second-order valence-electron chi connectivity index (χ2n) is 5.03. The first kappa shape index (κ1) is 14.5. The number of hydrogen-bond donors (Lipinski definition) is 1. The van der Waals surface area contributed by atoms with E-state index in [4.69, 9.17) is 4.74 Å². The monoisotopic (exact) mass is 281 g/mol. The Morgan fingerprint density at radius 1 is 1.55 bits per heavy atom. The zero-order chi connectivity index (χ0) is 14.7. The van der Waals surface area contributed by atoms with Crippen LogP contribution in [0.1, 0.15) is 19.8 Å². The van der Waals surface area contributed by atoms with E-state index in [2.05, 4.69) is 5.32 Å². The highest BCUT2D eigenvalue weighted by molar-refractivity contribution is 5.76. The van der Waals surface area contributed by atoms with E-state index in [1.165, 1.54) is 23.9 Å². The molecule has 1 aromatic rings. The van der Waals surface area contributed by atoms with Crippen molar-refractivity contribution in [3.05, 3.63) is 33.1 Å². The van der Waals surface area contributed by atoms with E-state index < -0.39 is 5.69 Å². The smallest absolute Gasteiger partial charge is 0.331 e. The van der Waals surface area contributed by atoms with E-state index in [1.54, 1.807) is 0 Å². The average Bonchev–Trinajstić information content (AvgIpc) is 2.93. The van der Waals surface area contributed by atoms with Crippen LogP contribution >= 0.6 is 0 Å². The summed E-state index contributed by atoms with van der Waals surface area (Å²) in [4.78, 5) is 35.0. The number of ether oxygens (including phenoxy) is 1. The molecule has 0 aromatic carbocycles. The molecule has 1 saturated heterocycles. The van der Waals surface area contributed by atoms with Crippen LogP contribution in [0.5, 0.6) is 0 Å². The summed E-state index contributed by atoms with van der Waals surface area (Å²) in [6.45, 7) is 2.51. The van der Waals surface area contributed by atoms with E-state index in [0.29, 0.717) is 0 Å². The van der Waals surface area contributed by atoms with Crippen molar-refractivity contribution in [1.82, 2.24) is 14.5 Å². The van der Waals surface area contributed by atoms with Crippen LogP contribution in [0.15, 0.2) is 21.9 Å². The number of nitrogens with zero attached hydrogens (tertiary/aromatic N) is 2. The zero-order valence-electron chi connectivity index (χ0n) is 11.7. The van der Waals surface area contributed by atoms with Gasteiger partial charge in [0.05, 0.1) is 12.1 Å². The van der Waals surface area contributed by atoms with Crippen LogP contribution in [-0.2, 0) is 23.1 Å². The molecule has 1 amide bonds. The number of hydrogen-bond acceptors (Lipinski definition) is 4. The van der Waals surface area contributed by atoms with Gasteiger partial charge in [0.2, 0.25) is 5.91 Å². The van der Waals surface area contributed by atoms with Crippen LogP contribution < -0.4 is 16.6 Å². The maximum absolute atomic E-state index is 11.9. The summed E-state index contributed by atoms with van der Waals surface area (Å²) in [5, 5.41) is 2.82. The lowest BCUT2D eigenvalue weighted by molar-refractivity contribution is -0.123. The van der Waals surface area contributed by atoms with Gasteiger partial charge in [-0.05, 0) is 19.8 Å². The second-order valence-corrected chi connectivity index (χ2v) is 5.03. The largest absolute Gasteiger partial charge is 0.376 e. The summed E-state index contributed by atoms with van der Waals surface area (Å²) in [7, 11) is 1.38. The molecule has 0 bridgehead atoms. The molecule has 0 aliphatic carbocycles. The van der Waals surface area contributed by atoms with E-state index >= 15 is 0 Å². The summed E-state index contributed by atoms with van der Waals surface area (Å²) >= 11 is 0. The van der Waals surface area contributed by atoms with E-state index in [1.807, 2.05) is 6.92 Å². The zero-order valence-corrected chi connectivity index (χ0v) is 11.7. The lowest BCUT2D eigenvalue weighted by Gasteiger charge is -2.20. The van der Waals surface area contributed by atoms with Crippen molar-refractivity contribution in [2.45, 2.75) is 38.5 Å². The number of carbonyl (C=O) groups excluding carboxylic acids is 1. The van der Waals surface area contributed by atoms with Gasteiger partial charge in [0.25, 0.3) is 5.56 Å². The maximum Gasteiger partial charge on any atom is 0.331 e. The second kappa shape index (κ2) is 6.04. The normalized spacial score (nSPS) is 19.8. The third-order valence-electron chi connectivity index (χ3n) is 3.49. The summed E-state index contributed by atoms with van der Waals surface area (Å²) in [6, 6.07) is 1.17. The van der Waals surface area contributed by atoms with Crippen molar-refractivity contribution in [3.8, 4) is 0 Å². The fraction of sp³-hybridized carbons (Fsp3) is 0.615. The standard InChI is InChI=1S/C13H19N3O4/c1-9(10-4-3-7-20-10)14-11(17)8-16-6-5-12(18)15(2)13(16)19/h5-6,9-10H,3-4,7-8H2,1-2H3,(H,14,17)/t9-,10-/m0/s1. The van der Waals surface area contributed by atoms with Crippen LogP contribution in [-0.4, -0.2) is 33.8 Å². The van der Waals surface area contributed by atoms with Gasteiger partial charge in [-0.1, -0.05) is 0 Å². The molecular weight excluding hydrogens is 262 g/mol. The summed E-state index contributed by atoms with van der Waals surface area (Å²) in [5.74, 6) is -0.270. The molecule has 1 aliphatic heterocycles. The van der Waals surface area contributed by atoms with Gasteiger partial charge in [-0.2, -0.15) is 0 Å². The first-order valence-corrected chi connectivity index (χ1v) is 6.66. The van der Waals surface area contributed by atoms with Gasteiger partial charge in [0.1, 0.15) is 6.54 Å². The van der Waals surface area contributed by atoms with E-state index in [-0.39, 0.29) is 30.2 Å². The van der Waals surface area contributed by atoms with Crippen molar-refractivity contribution < 1.29 is 9.53 Å². The Morgan fingerprint density at radius 2 is 2.30 bits per heavy atom. The number of carbonyl (C=O) groups is 1. The molecule has 1 aromatic heterocycles. The van der Waals surface area contributed by atoms with Crippen molar-refractivity contribution in [2.75, 3.05) is 6.61 Å². The molecule has 0 spiro atoms. The molecule has 20 heavy (non-hydrogen) atoms. The molecule has 1 N–H and O–H groups in total. The van der Waals surface area contributed by atoms with Gasteiger partial charge in [0, 0.05) is 25.9 Å². The third-order valence-corrected chi connectivity index (χ3v) is 3.49. The van der Waals surface area contributed by atoms with Crippen molar-refractivity contribution in [2.24, 2.45) is 7.05 Å². The summed E-state index contributed by atoms with van der Waals surface area (Å²) in [6.07, 6.45) is 3.31. The van der Waals surface area contributed by atoms with Crippen LogP contribution in [0.25, 0.3) is 0 Å². The van der Waals surface area contributed by atoms with E-state index in [0.717, 1.165) is 24.0 Å². The van der Waals surface area contributed by atoms with Gasteiger partial charge in [-0.15, -0.1) is 0 Å². The van der Waals surface area contributed by atoms with Gasteiger partial charge in [-0.3, -0.25) is 18.7 Å². The number of rotatable bonds is 4. The maximum atomic E-state index is 11.9. The van der Waals surface area contributed by atoms with E-state index in [9.17, 15) is 14.4 Å². The number of amides is 1. The molecule has 2 atom stereocenters. The minimum absolute atomic E-state index is 0.0378. The molecular formula is C13H19N3O4. The number of aromatic nitrogens is 2. The topological polar surface area (TPSA) is 82.3 Å². The molecule has 110 valence electrons. The van der Waals surface area contributed by atoms with Crippen molar-refractivity contribution in [1.29, 1.82) is 0 Å². The molecule has 0 unspecified atom stereocenters. The van der Waals surface area contributed by atoms with Crippen LogP contribution in [0, 0.1) is 0 Å². The lowest BCUT2D eigenvalue weighted by atomic mass is 10.1. The van der Waals surface area contributed by atoms with Gasteiger partial charge >= 0.3 is 5.69 Å². The fourth-order valence-corrected chi connectivity index (χ4v) is 2.28. The van der Waals surface area contributed by atoms with Crippen molar-refractivity contribution in [3.63, 3.8) is 0 Å². The Labute approximate surface area is 116 Å². The Hall–Kier alpha value is -1.89. The fourth-order valence-electron chi connectivity index (χ4n) is 2.28. The Balaban J connectivity index is 1.99. The molecule has 0 saturated carbocycles. The summed E-state index contributed by atoms with van der Waals surface area (Å²) < 4.78 is 7.67. The van der Waals surface area contributed by atoms with Crippen molar-refractivity contribution >= 4 is 5.91 Å². The minimum Gasteiger partial charge on any atom is -0.376 e. The molecule has 7 nitrogen and oxygen atoms in total. The van der Waals surface area contributed by atoms with Crippen LogP contribution in [0.3, 0.4) is 0 Å². The Morgan fingerprint density at radius 3 is 2.95 bits per heavy atom.